The molecule has 0 aliphatic carbocycles. The zero-order valence-electron chi connectivity index (χ0n) is 10.4. The maximum absolute atomic E-state index is 11.0. The second kappa shape index (κ2) is 5.02. The molecule has 1 atom stereocenters. The molecule has 3 N–H and O–H groups in total. The van der Waals surface area contributed by atoms with Crippen LogP contribution in [0.15, 0.2) is 42.5 Å². The second-order valence-corrected chi connectivity index (χ2v) is 4.33. The van der Waals surface area contributed by atoms with Crippen molar-refractivity contribution in [3.05, 3.63) is 59.2 Å². The highest BCUT2D eigenvalue weighted by Gasteiger charge is 2.22. The van der Waals surface area contributed by atoms with E-state index in [1.54, 1.807) is 6.92 Å². The van der Waals surface area contributed by atoms with Crippen LogP contribution in [0.5, 0.6) is 11.5 Å². The van der Waals surface area contributed by atoms with Crippen molar-refractivity contribution in [2.75, 3.05) is 0 Å². The summed E-state index contributed by atoms with van der Waals surface area (Å²) in [6.07, 6.45) is 0. The Labute approximate surface area is 110 Å². The molecule has 0 aliphatic heterocycles. The van der Waals surface area contributed by atoms with Gasteiger partial charge in [0.1, 0.15) is 17.1 Å². The monoisotopic (exact) mass is 258 g/mol. The van der Waals surface area contributed by atoms with Crippen LogP contribution in [0.4, 0.5) is 0 Å². The summed E-state index contributed by atoms with van der Waals surface area (Å²) in [7, 11) is 0. The topological polar surface area (TPSA) is 77.8 Å². The van der Waals surface area contributed by atoms with Gasteiger partial charge in [-0.3, -0.25) is 0 Å². The summed E-state index contributed by atoms with van der Waals surface area (Å²) in [6, 6.07) is 11.8. The fourth-order valence-corrected chi connectivity index (χ4v) is 2.11. The molecule has 0 aromatic heterocycles. The van der Waals surface area contributed by atoms with Gasteiger partial charge in [0.25, 0.3) is 0 Å². The first-order valence-electron chi connectivity index (χ1n) is 5.85. The third-order valence-electron chi connectivity index (χ3n) is 3.16. The van der Waals surface area contributed by atoms with Crippen LogP contribution in [0, 0.1) is 0 Å². The van der Waals surface area contributed by atoms with Crippen molar-refractivity contribution in [1.29, 1.82) is 0 Å². The van der Waals surface area contributed by atoms with Gasteiger partial charge in [-0.05, 0) is 17.7 Å². The van der Waals surface area contributed by atoms with Crippen LogP contribution >= 0.6 is 0 Å². The number of phenols is 2. The summed E-state index contributed by atoms with van der Waals surface area (Å²) in [5, 5.41) is 28.9. The molecule has 0 bridgehead atoms. The van der Waals surface area contributed by atoms with E-state index in [4.69, 9.17) is 5.11 Å². The molecule has 0 fully saturated rings. The molecule has 0 radical (unpaired) electrons. The predicted molar refractivity (Wildman–Crippen MR) is 70.7 cm³/mol. The Morgan fingerprint density at radius 3 is 2.26 bits per heavy atom. The molecule has 0 saturated carbocycles. The Hall–Kier alpha value is -2.49. The van der Waals surface area contributed by atoms with E-state index < -0.39 is 5.97 Å². The van der Waals surface area contributed by atoms with Crippen molar-refractivity contribution in [3.8, 4) is 11.5 Å². The van der Waals surface area contributed by atoms with Gasteiger partial charge in [0, 0.05) is 11.5 Å². The highest BCUT2D eigenvalue weighted by molar-refractivity contribution is 5.91. The van der Waals surface area contributed by atoms with Gasteiger partial charge in [-0.25, -0.2) is 4.79 Å². The van der Waals surface area contributed by atoms with Crippen LogP contribution < -0.4 is 0 Å². The molecule has 2 rings (SSSR count). The zero-order chi connectivity index (χ0) is 14.0. The van der Waals surface area contributed by atoms with E-state index in [-0.39, 0.29) is 28.5 Å². The lowest BCUT2D eigenvalue weighted by Gasteiger charge is -2.16. The maximum Gasteiger partial charge on any atom is 0.339 e. The number of phenolic OH excluding ortho intramolecular Hbond substituents is 1. The van der Waals surface area contributed by atoms with Crippen LogP contribution in [0.2, 0.25) is 0 Å². The highest BCUT2D eigenvalue weighted by atomic mass is 16.4. The lowest BCUT2D eigenvalue weighted by atomic mass is 9.90. The van der Waals surface area contributed by atoms with Crippen molar-refractivity contribution in [1.82, 2.24) is 0 Å². The van der Waals surface area contributed by atoms with Gasteiger partial charge in [0.05, 0.1) is 0 Å². The standard InChI is InChI=1S/C15H14O4/c1-9(10-5-3-2-4-6-10)13-12(16)8-7-11(14(13)17)15(18)19/h2-9,16-17H,1H3,(H,18,19). The predicted octanol–water partition coefficient (Wildman–Crippen LogP) is 2.95. The van der Waals surface area contributed by atoms with E-state index in [2.05, 4.69) is 0 Å². The molecule has 19 heavy (non-hydrogen) atoms. The number of hydrogen-bond acceptors (Lipinski definition) is 3. The van der Waals surface area contributed by atoms with Crippen molar-refractivity contribution in [3.63, 3.8) is 0 Å². The van der Waals surface area contributed by atoms with E-state index in [9.17, 15) is 15.0 Å². The zero-order valence-corrected chi connectivity index (χ0v) is 10.4. The summed E-state index contributed by atoms with van der Waals surface area (Å²) >= 11 is 0. The highest BCUT2D eigenvalue weighted by Crippen LogP contribution is 2.39. The number of aromatic hydroxyl groups is 2. The molecule has 1 unspecified atom stereocenters. The first-order valence-corrected chi connectivity index (χ1v) is 5.85. The minimum Gasteiger partial charge on any atom is -0.508 e. The van der Waals surface area contributed by atoms with Gasteiger partial charge < -0.3 is 15.3 Å². The third-order valence-corrected chi connectivity index (χ3v) is 3.16. The lowest BCUT2D eigenvalue weighted by Crippen LogP contribution is -2.03. The molecule has 4 heteroatoms. The number of carbonyl (C=O) groups is 1. The number of carboxylic acids is 1. The van der Waals surface area contributed by atoms with Gasteiger partial charge in [-0.15, -0.1) is 0 Å². The number of aromatic carboxylic acids is 1. The molecule has 0 amide bonds. The van der Waals surface area contributed by atoms with Gasteiger partial charge in [-0.1, -0.05) is 37.3 Å². The number of carboxylic acid groups (broad SMARTS) is 1. The SMILES string of the molecule is CC(c1ccccc1)c1c(O)ccc(C(=O)O)c1O. The van der Waals surface area contributed by atoms with Crippen molar-refractivity contribution in [2.45, 2.75) is 12.8 Å². The Bertz CT molecular complexity index is 605. The lowest BCUT2D eigenvalue weighted by molar-refractivity contribution is 0.0693. The maximum atomic E-state index is 11.0. The Morgan fingerprint density at radius 2 is 1.68 bits per heavy atom. The minimum absolute atomic E-state index is 0.112. The molecular formula is C15H14O4. The average Bonchev–Trinajstić information content (AvgIpc) is 2.39. The Kier molecular flexibility index (Phi) is 3.42. The van der Waals surface area contributed by atoms with Gasteiger partial charge >= 0.3 is 5.97 Å². The van der Waals surface area contributed by atoms with Crippen molar-refractivity contribution in [2.24, 2.45) is 0 Å². The van der Waals surface area contributed by atoms with E-state index >= 15 is 0 Å². The van der Waals surface area contributed by atoms with Crippen LogP contribution in [0.1, 0.15) is 34.3 Å². The summed E-state index contributed by atoms with van der Waals surface area (Å²) < 4.78 is 0. The van der Waals surface area contributed by atoms with E-state index in [1.165, 1.54) is 12.1 Å². The summed E-state index contributed by atoms with van der Waals surface area (Å²) in [5.74, 6) is -2.03. The normalized spacial score (nSPS) is 12.1. The summed E-state index contributed by atoms with van der Waals surface area (Å²) in [5.41, 5.74) is 0.900. The fourth-order valence-electron chi connectivity index (χ4n) is 2.11. The first-order chi connectivity index (χ1) is 9.02. The fraction of sp³-hybridized carbons (Fsp3) is 0.133. The van der Waals surface area contributed by atoms with Gasteiger partial charge in [0.15, 0.2) is 0 Å². The summed E-state index contributed by atoms with van der Waals surface area (Å²) in [6.45, 7) is 1.80. The summed E-state index contributed by atoms with van der Waals surface area (Å²) in [4.78, 5) is 11.0. The third kappa shape index (κ3) is 2.38. The van der Waals surface area contributed by atoms with E-state index in [0.29, 0.717) is 0 Å². The van der Waals surface area contributed by atoms with E-state index in [1.807, 2.05) is 30.3 Å². The molecule has 2 aromatic carbocycles. The molecule has 0 spiro atoms. The van der Waals surface area contributed by atoms with Crippen LogP contribution in [0.3, 0.4) is 0 Å². The molecule has 0 heterocycles. The van der Waals surface area contributed by atoms with Crippen LogP contribution in [-0.2, 0) is 0 Å². The minimum atomic E-state index is -1.22. The Balaban J connectivity index is 2.56. The smallest absolute Gasteiger partial charge is 0.339 e. The molecule has 2 aromatic rings. The van der Waals surface area contributed by atoms with Gasteiger partial charge in [-0.2, -0.15) is 0 Å². The largest absolute Gasteiger partial charge is 0.508 e. The quantitative estimate of drug-likeness (QED) is 0.791. The first kappa shape index (κ1) is 13.0. The molecule has 98 valence electrons. The van der Waals surface area contributed by atoms with Crippen LogP contribution in [-0.4, -0.2) is 21.3 Å². The molecule has 0 saturated heterocycles. The number of hydrogen-bond donors (Lipinski definition) is 3. The number of rotatable bonds is 3. The Morgan fingerprint density at radius 1 is 1.05 bits per heavy atom. The molecule has 4 nitrogen and oxygen atoms in total. The van der Waals surface area contributed by atoms with Crippen molar-refractivity contribution >= 4 is 5.97 Å². The van der Waals surface area contributed by atoms with Crippen LogP contribution in [0.25, 0.3) is 0 Å². The average molecular weight is 258 g/mol. The molecule has 0 aliphatic rings. The molecular weight excluding hydrogens is 244 g/mol. The van der Waals surface area contributed by atoms with E-state index in [0.717, 1.165) is 5.56 Å². The number of benzene rings is 2. The second-order valence-electron chi connectivity index (χ2n) is 4.33. The van der Waals surface area contributed by atoms with Gasteiger partial charge in [0.2, 0.25) is 0 Å². The van der Waals surface area contributed by atoms with Crippen molar-refractivity contribution < 1.29 is 20.1 Å².